The maximum Gasteiger partial charge on any atom is 0.161 e. The first-order chi connectivity index (χ1) is 8.26. The Morgan fingerprint density at radius 3 is 2.65 bits per heavy atom. The van der Waals surface area contributed by atoms with E-state index < -0.39 is 0 Å². The minimum Gasteiger partial charge on any atom is -0.493 e. The molecular weight excluding hydrogens is 218 g/mol. The fourth-order valence-electron chi connectivity index (χ4n) is 2.14. The lowest BCUT2D eigenvalue weighted by atomic mass is 10.0. The van der Waals surface area contributed by atoms with Crippen molar-refractivity contribution in [3.63, 3.8) is 0 Å². The molecule has 0 aromatic heterocycles. The van der Waals surface area contributed by atoms with Gasteiger partial charge in [-0.05, 0) is 24.6 Å². The van der Waals surface area contributed by atoms with E-state index in [1.807, 2.05) is 18.2 Å². The van der Waals surface area contributed by atoms with Crippen LogP contribution in [0.4, 0.5) is 0 Å². The summed E-state index contributed by atoms with van der Waals surface area (Å²) < 4.78 is 16.3. The van der Waals surface area contributed by atoms with Crippen LogP contribution in [0.25, 0.3) is 0 Å². The van der Waals surface area contributed by atoms with Gasteiger partial charge in [-0.2, -0.15) is 0 Å². The standard InChI is InChI=1S/C13H19NO3/c1-9-13(17-7-6-14-9)10-4-5-11(15-2)12(8-10)16-3/h4-5,8-9,13-14H,6-7H2,1-3H3. The summed E-state index contributed by atoms with van der Waals surface area (Å²) in [6.07, 6.45) is 0.0727. The van der Waals surface area contributed by atoms with Crippen LogP contribution in [0.3, 0.4) is 0 Å². The molecule has 2 unspecified atom stereocenters. The second kappa shape index (κ2) is 5.38. The number of hydrogen-bond donors (Lipinski definition) is 1. The first-order valence-corrected chi connectivity index (χ1v) is 5.83. The zero-order valence-corrected chi connectivity index (χ0v) is 10.5. The number of morpholine rings is 1. The maximum atomic E-state index is 5.79. The Balaban J connectivity index is 2.25. The van der Waals surface area contributed by atoms with Crippen molar-refractivity contribution in [2.24, 2.45) is 0 Å². The summed E-state index contributed by atoms with van der Waals surface area (Å²) in [5, 5.41) is 3.40. The molecule has 1 fully saturated rings. The average Bonchev–Trinajstić information content (AvgIpc) is 2.38. The highest BCUT2D eigenvalue weighted by atomic mass is 16.5. The normalized spacial score (nSPS) is 24.4. The molecule has 1 saturated heterocycles. The molecule has 0 spiro atoms. The third-order valence-electron chi connectivity index (χ3n) is 3.06. The van der Waals surface area contributed by atoms with Gasteiger partial charge < -0.3 is 19.5 Å². The lowest BCUT2D eigenvalue weighted by molar-refractivity contribution is -0.000354. The van der Waals surface area contributed by atoms with Crippen LogP contribution in [-0.4, -0.2) is 33.4 Å². The molecule has 1 aliphatic rings. The Labute approximate surface area is 102 Å². The fraction of sp³-hybridized carbons (Fsp3) is 0.538. The number of benzene rings is 1. The van der Waals surface area contributed by atoms with E-state index in [9.17, 15) is 0 Å². The van der Waals surface area contributed by atoms with Gasteiger partial charge in [-0.3, -0.25) is 0 Å². The molecule has 1 aliphatic heterocycles. The van der Waals surface area contributed by atoms with Gasteiger partial charge >= 0.3 is 0 Å². The predicted molar refractivity (Wildman–Crippen MR) is 65.7 cm³/mol. The van der Waals surface area contributed by atoms with E-state index in [0.717, 1.165) is 30.2 Å². The van der Waals surface area contributed by atoms with E-state index in [-0.39, 0.29) is 6.10 Å². The highest BCUT2D eigenvalue weighted by Gasteiger charge is 2.24. The van der Waals surface area contributed by atoms with Crippen LogP contribution in [-0.2, 0) is 4.74 Å². The van der Waals surface area contributed by atoms with Crippen molar-refractivity contribution in [2.75, 3.05) is 27.4 Å². The van der Waals surface area contributed by atoms with E-state index in [1.54, 1.807) is 14.2 Å². The molecule has 0 radical (unpaired) electrons. The summed E-state index contributed by atoms with van der Waals surface area (Å²) >= 11 is 0. The molecule has 2 atom stereocenters. The molecule has 0 aliphatic carbocycles. The highest BCUT2D eigenvalue weighted by Crippen LogP contribution is 2.32. The molecule has 0 amide bonds. The van der Waals surface area contributed by atoms with E-state index >= 15 is 0 Å². The summed E-state index contributed by atoms with van der Waals surface area (Å²) in [5.74, 6) is 1.49. The van der Waals surface area contributed by atoms with Crippen molar-refractivity contribution in [2.45, 2.75) is 19.1 Å². The second-order valence-corrected chi connectivity index (χ2v) is 4.15. The zero-order chi connectivity index (χ0) is 12.3. The van der Waals surface area contributed by atoms with Crippen LogP contribution in [0.5, 0.6) is 11.5 Å². The molecule has 1 aromatic rings. The van der Waals surface area contributed by atoms with E-state index in [2.05, 4.69) is 12.2 Å². The molecule has 94 valence electrons. The summed E-state index contributed by atoms with van der Waals surface area (Å²) in [6, 6.07) is 6.23. The summed E-state index contributed by atoms with van der Waals surface area (Å²) in [7, 11) is 3.28. The summed E-state index contributed by atoms with van der Waals surface area (Å²) in [4.78, 5) is 0. The van der Waals surface area contributed by atoms with Crippen LogP contribution < -0.4 is 14.8 Å². The number of methoxy groups -OCH3 is 2. The number of nitrogens with one attached hydrogen (secondary N) is 1. The van der Waals surface area contributed by atoms with E-state index in [4.69, 9.17) is 14.2 Å². The molecule has 1 aromatic carbocycles. The van der Waals surface area contributed by atoms with Gasteiger partial charge in [0.2, 0.25) is 0 Å². The van der Waals surface area contributed by atoms with Crippen molar-refractivity contribution in [1.29, 1.82) is 0 Å². The van der Waals surface area contributed by atoms with Gasteiger partial charge in [-0.15, -0.1) is 0 Å². The minimum atomic E-state index is 0.0727. The van der Waals surface area contributed by atoms with Crippen molar-refractivity contribution >= 4 is 0 Å². The van der Waals surface area contributed by atoms with Crippen LogP contribution in [0, 0.1) is 0 Å². The maximum absolute atomic E-state index is 5.79. The van der Waals surface area contributed by atoms with Crippen LogP contribution in [0.15, 0.2) is 18.2 Å². The number of ether oxygens (including phenoxy) is 3. The fourth-order valence-corrected chi connectivity index (χ4v) is 2.14. The van der Waals surface area contributed by atoms with Gasteiger partial charge in [0.1, 0.15) is 0 Å². The molecule has 4 heteroatoms. The van der Waals surface area contributed by atoms with Gasteiger partial charge in [0.25, 0.3) is 0 Å². The average molecular weight is 237 g/mol. The third kappa shape index (κ3) is 2.53. The largest absolute Gasteiger partial charge is 0.493 e. The minimum absolute atomic E-state index is 0.0727. The summed E-state index contributed by atoms with van der Waals surface area (Å²) in [5.41, 5.74) is 1.11. The van der Waals surface area contributed by atoms with Crippen molar-refractivity contribution in [3.8, 4) is 11.5 Å². The topological polar surface area (TPSA) is 39.7 Å². The number of rotatable bonds is 3. The first-order valence-electron chi connectivity index (χ1n) is 5.83. The Bertz CT molecular complexity index is 381. The highest BCUT2D eigenvalue weighted by molar-refractivity contribution is 5.43. The van der Waals surface area contributed by atoms with Crippen LogP contribution >= 0.6 is 0 Å². The Morgan fingerprint density at radius 1 is 1.24 bits per heavy atom. The van der Waals surface area contributed by atoms with Gasteiger partial charge in [-0.25, -0.2) is 0 Å². The SMILES string of the molecule is COc1ccc(C2OCCNC2C)cc1OC. The smallest absolute Gasteiger partial charge is 0.161 e. The third-order valence-corrected chi connectivity index (χ3v) is 3.06. The molecule has 0 saturated carbocycles. The van der Waals surface area contributed by atoms with Gasteiger partial charge in [0.05, 0.1) is 26.9 Å². The van der Waals surface area contributed by atoms with Crippen molar-refractivity contribution in [3.05, 3.63) is 23.8 Å². The Kier molecular flexibility index (Phi) is 3.86. The van der Waals surface area contributed by atoms with E-state index in [0.29, 0.717) is 6.04 Å². The molecular formula is C13H19NO3. The lowest BCUT2D eigenvalue weighted by Crippen LogP contribution is -2.41. The molecule has 0 bridgehead atoms. The lowest BCUT2D eigenvalue weighted by Gasteiger charge is -2.30. The van der Waals surface area contributed by atoms with Gasteiger partial charge in [-0.1, -0.05) is 6.07 Å². The second-order valence-electron chi connectivity index (χ2n) is 4.15. The monoisotopic (exact) mass is 237 g/mol. The van der Waals surface area contributed by atoms with Gasteiger partial charge in [0, 0.05) is 12.6 Å². The van der Waals surface area contributed by atoms with Crippen LogP contribution in [0.1, 0.15) is 18.6 Å². The quantitative estimate of drug-likeness (QED) is 0.869. The molecule has 2 rings (SSSR count). The molecule has 1 N–H and O–H groups in total. The predicted octanol–water partition coefficient (Wildman–Crippen LogP) is 1.75. The number of hydrogen-bond acceptors (Lipinski definition) is 4. The van der Waals surface area contributed by atoms with Crippen molar-refractivity contribution in [1.82, 2.24) is 5.32 Å². The Morgan fingerprint density at radius 2 is 2.00 bits per heavy atom. The van der Waals surface area contributed by atoms with E-state index in [1.165, 1.54) is 0 Å². The molecule has 17 heavy (non-hydrogen) atoms. The molecule has 4 nitrogen and oxygen atoms in total. The van der Waals surface area contributed by atoms with Crippen molar-refractivity contribution < 1.29 is 14.2 Å². The Hall–Kier alpha value is -1.26. The van der Waals surface area contributed by atoms with Gasteiger partial charge in [0.15, 0.2) is 11.5 Å². The molecule has 1 heterocycles. The zero-order valence-electron chi connectivity index (χ0n) is 10.5. The summed E-state index contributed by atoms with van der Waals surface area (Å²) in [6.45, 7) is 3.77. The van der Waals surface area contributed by atoms with Crippen LogP contribution in [0.2, 0.25) is 0 Å². The first kappa shape index (κ1) is 12.2.